The zero-order valence-corrected chi connectivity index (χ0v) is 14.7. The number of rotatable bonds is 3. The predicted molar refractivity (Wildman–Crippen MR) is 96.0 cm³/mol. The Bertz CT molecular complexity index is 732. The van der Waals surface area contributed by atoms with Gasteiger partial charge in [-0.05, 0) is 38.2 Å². The fourth-order valence-electron chi connectivity index (χ4n) is 3.83. The molecular formula is C20H25N3O2. The van der Waals surface area contributed by atoms with Gasteiger partial charge in [-0.1, -0.05) is 29.8 Å². The van der Waals surface area contributed by atoms with Gasteiger partial charge in [0.2, 0.25) is 5.91 Å². The summed E-state index contributed by atoms with van der Waals surface area (Å²) in [5.74, 6) is 1.16. The number of ether oxygens (including phenoxy) is 1. The Morgan fingerprint density at radius 3 is 2.84 bits per heavy atom. The van der Waals surface area contributed by atoms with Gasteiger partial charge in [0.25, 0.3) is 0 Å². The van der Waals surface area contributed by atoms with Crippen LogP contribution in [0.25, 0.3) is 11.3 Å². The normalized spacial score (nSPS) is 23.8. The number of aromatic nitrogens is 2. The highest BCUT2D eigenvalue weighted by atomic mass is 16.5. The molecule has 4 rings (SSSR count). The number of carbonyl (C=O) groups is 1. The first-order valence-electron chi connectivity index (χ1n) is 9.22. The highest BCUT2D eigenvalue weighted by Crippen LogP contribution is 2.32. The van der Waals surface area contributed by atoms with Crippen LogP contribution in [-0.2, 0) is 9.53 Å². The van der Waals surface area contributed by atoms with Crippen LogP contribution in [0.1, 0.15) is 43.1 Å². The number of hydrogen-bond donors (Lipinski definition) is 1. The summed E-state index contributed by atoms with van der Waals surface area (Å²) in [4.78, 5) is 23.0. The van der Waals surface area contributed by atoms with Crippen LogP contribution in [-0.4, -0.2) is 40.5 Å². The highest BCUT2D eigenvalue weighted by Gasteiger charge is 2.35. The lowest BCUT2D eigenvalue weighted by Crippen LogP contribution is -2.42. The maximum Gasteiger partial charge on any atom is 0.228 e. The van der Waals surface area contributed by atoms with E-state index in [0.29, 0.717) is 13.2 Å². The van der Waals surface area contributed by atoms with Crippen molar-refractivity contribution >= 4 is 5.91 Å². The predicted octanol–water partition coefficient (Wildman–Crippen LogP) is 3.48. The summed E-state index contributed by atoms with van der Waals surface area (Å²) in [6.07, 6.45) is 5.91. The Kier molecular flexibility index (Phi) is 4.57. The number of aromatic amines is 1. The molecule has 5 nitrogen and oxygen atoms in total. The Balaban J connectivity index is 1.56. The lowest BCUT2D eigenvalue weighted by atomic mass is 9.98. The number of hydrogen-bond acceptors (Lipinski definition) is 3. The number of H-pyrrole nitrogens is 1. The molecule has 25 heavy (non-hydrogen) atoms. The maximum atomic E-state index is 12.9. The fourth-order valence-corrected chi connectivity index (χ4v) is 3.83. The van der Waals surface area contributed by atoms with Crippen LogP contribution in [0.5, 0.6) is 0 Å². The molecule has 2 aromatic rings. The van der Waals surface area contributed by atoms with Crippen molar-refractivity contribution in [3.63, 3.8) is 0 Å². The first kappa shape index (κ1) is 16.3. The molecular weight excluding hydrogens is 314 g/mol. The smallest absolute Gasteiger partial charge is 0.228 e. The number of carbonyl (C=O) groups excluding carboxylic acids is 1. The van der Waals surface area contributed by atoms with E-state index in [1.807, 2.05) is 11.1 Å². The number of benzene rings is 1. The molecule has 2 aliphatic rings. The van der Waals surface area contributed by atoms with Crippen LogP contribution >= 0.6 is 0 Å². The molecule has 1 aromatic carbocycles. The Hall–Kier alpha value is -2.14. The minimum absolute atomic E-state index is 0.0205. The Labute approximate surface area is 148 Å². The van der Waals surface area contributed by atoms with Gasteiger partial charge in [-0.15, -0.1) is 0 Å². The minimum atomic E-state index is 0.0205. The van der Waals surface area contributed by atoms with E-state index in [4.69, 9.17) is 4.74 Å². The number of piperidine rings is 1. The van der Waals surface area contributed by atoms with Crippen LogP contribution in [0.2, 0.25) is 0 Å². The van der Waals surface area contributed by atoms with Gasteiger partial charge in [0.15, 0.2) is 0 Å². The zero-order chi connectivity index (χ0) is 17.2. The summed E-state index contributed by atoms with van der Waals surface area (Å²) in [6, 6.07) is 8.47. The quantitative estimate of drug-likeness (QED) is 0.931. The van der Waals surface area contributed by atoms with Crippen molar-refractivity contribution < 1.29 is 9.53 Å². The minimum Gasteiger partial charge on any atom is -0.381 e. The standard InChI is InChI=1S/C20H25N3O2/c1-14-5-7-15(8-6-14)17-12-21-19(22-17)18-4-2-3-10-23(18)20(24)16-9-11-25-13-16/h5-8,12,16,18H,2-4,9-11,13H2,1H3,(H,21,22)/t16-,18-/m0/s1. The molecule has 0 radical (unpaired) electrons. The maximum absolute atomic E-state index is 12.9. The molecule has 132 valence electrons. The molecule has 0 spiro atoms. The molecule has 0 saturated carbocycles. The fraction of sp³-hybridized carbons (Fsp3) is 0.500. The van der Waals surface area contributed by atoms with E-state index in [0.717, 1.165) is 49.3 Å². The average Bonchev–Trinajstić information content (AvgIpc) is 3.34. The number of amides is 1. The van der Waals surface area contributed by atoms with Gasteiger partial charge >= 0.3 is 0 Å². The Morgan fingerprint density at radius 1 is 1.24 bits per heavy atom. The summed E-state index contributed by atoms with van der Waals surface area (Å²) in [5.41, 5.74) is 3.38. The number of likely N-dealkylation sites (tertiary alicyclic amines) is 1. The van der Waals surface area contributed by atoms with Crippen molar-refractivity contribution in [1.29, 1.82) is 0 Å². The molecule has 2 atom stereocenters. The molecule has 1 aromatic heterocycles. The van der Waals surface area contributed by atoms with Crippen LogP contribution in [0.3, 0.4) is 0 Å². The summed E-state index contributed by atoms with van der Waals surface area (Å²) in [7, 11) is 0. The second kappa shape index (κ2) is 7.00. The largest absolute Gasteiger partial charge is 0.381 e. The van der Waals surface area contributed by atoms with Gasteiger partial charge in [-0.25, -0.2) is 4.98 Å². The topological polar surface area (TPSA) is 58.2 Å². The number of imidazole rings is 1. The summed E-state index contributed by atoms with van der Waals surface area (Å²) < 4.78 is 5.41. The van der Waals surface area contributed by atoms with Crippen LogP contribution in [0, 0.1) is 12.8 Å². The molecule has 1 amide bonds. The first-order valence-corrected chi connectivity index (χ1v) is 9.22. The molecule has 2 saturated heterocycles. The SMILES string of the molecule is Cc1ccc(-c2cnc([C@@H]3CCCCN3C(=O)[C@H]3CCOC3)[nH]2)cc1. The zero-order valence-electron chi connectivity index (χ0n) is 14.7. The van der Waals surface area contributed by atoms with Crippen molar-refractivity contribution in [3.05, 3.63) is 41.9 Å². The van der Waals surface area contributed by atoms with Gasteiger partial charge in [-0.2, -0.15) is 0 Å². The molecule has 0 unspecified atom stereocenters. The van der Waals surface area contributed by atoms with Gasteiger partial charge in [0.05, 0.1) is 30.5 Å². The van der Waals surface area contributed by atoms with E-state index in [9.17, 15) is 4.79 Å². The molecule has 5 heteroatoms. The van der Waals surface area contributed by atoms with Crippen molar-refractivity contribution in [1.82, 2.24) is 14.9 Å². The van der Waals surface area contributed by atoms with Crippen LogP contribution < -0.4 is 0 Å². The lowest BCUT2D eigenvalue weighted by Gasteiger charge is -2.36. The lowest BCUT2D eigenvalue weighted by molar-refractivity contribution is -0.139. The number of nitrogens with one attached hydrogen (secondary N) is 1. The molecule has 0 bridgehead atoms. The molecule has 1 N–H and O–H groups in total. The second-order valence-electron chi connectivity index (χ2n) is 7.15. The van der Waals surface area contributed by atoms with Crippen molar-refractivity contribution in [2.24, 2.45) is 5.92 Å². The molecule has 2 aliphatic heterocycles. The summed E-state index contributed by atoms with van der Waals surface area (Å²) in [6.45, 7) is 4.17. The monoisotopic (exact) mass is 339 g/mol. The Morgan fingerprint density at radius 2 is 2.08 bits per heavy atom. The van der Waals surface area contributed by atoms with E-state index >= 15 is 0 Å². The molecule has 3 heterocycles. The second-order valence-corrected chi connectivity index (χ2v) is 7.15. The third-order valence-corrected chi connectivity index (χ3v) is 5.34. The van der Waals surface area contributed by atoms with E-state index in [1.54, 1.807) is 0 Å². The van der Waals surface area contributed by atoms with Crippen LogP contribution in [0.15, 0.2) is 30.5 Å². The highest BCUT2D eigenvalue weighted by molar-refractivity contribution is 5.79. The first-order chi connectivity index (χ1) is 12.2. The summed E-state index contributed by atoms with van der Waals surface area (Å²) in [5, 5.41) is 0. The molecule has 0 aliphatic carbocycles. The van der Waals surface area contributed by atoms with Crippen molar-refractivity contribution in [2.45, 2.75) is 38.6 Å². The van der Waals surface area contributed by atoms with E-state index in [1.165, 1.54) is 5.56 Å². The molecule has 2 fully saturated rings. The van der Waals surface area contributed by atoms with E-state index in [2.05, 4.69) is 41.2 Å². The van der Waals surface area contributed by atoms with Crippen molar-refractivity contribution in [2.75, 3.05) is 19.8 Å². The summed E-state index contributed by atoms with van der Waals surface area (Å²) >= 11 is 0. The van der Waals surface area contributed by atoms with Crippen molar-refractivity contribution in [3.8, 4) is 11.3 Å². The van der Waals surface area contributed by atoms with Gasteiger partial charge in [-0.3, -0.25) is 4.79 Å². The number of aryl methyl sites for hydroxylation is 1. The van der Waals surface area contributed by atoms with Gasteiger partial charge < -0.3 is 14.6 Å². The van der Waals surface area contributed by atoms with E-state index < -0.39 is 0 Å². The van der Waals surface area contributed by atoms with Gasteiger partial charge in [0.1, 0.15) is 5.82 Å². The van der Waals surface area contributed by atoms with Crippen LogP contribution in [0.4, 0.5) is 0 Å². The van der Waals surface area contributed by atoms with E-state index in [-0.39, 0.29) is 17.9 Å². The third kappa shape index (κ3) is 3.33. The average molecular weight is 339 g/mol. The van der Waals surface area contributed by atoms with Gasteiger partial charge in [0, 0.05) is 13.2 Å². The third-order valence-electron chi connectivity index (χ3n) is 5.34. The number of nitrogens with zero attached hydrogens (tertiary/aromatic N) is 2.